The summed E-state index contributed by atoms with van der Waals surface area (Å²) < 4.78 is 5.09. The van der Waals surface area contributed by atoms with Gasteiger partial charge in [-0.15, -0.1) is 0 Å². The molecule has 2 amide bonds. The Balaban J connectivity index is 0.000000232. The smallest absolute Gasteiger partial charge is 0.272 e. The summed E-state index contributed by atoms with van der Waals surface area (Å²) in [4.78, 5) is 73.7. The number of amides is 2. The van der Waals surface area contributed by atoms with Crippen molar-refractivity contribution in [1.29, 1.82) is 5.26 Å². The molecule has 0 bridgehead atoms. The summed E-state index contributed by atoms with van der Waals surface area (Å²) >= 11 is 0. The van der Waals surface area contributed by atoms with Crippen LogP contribution in [0.5, 0.6) is 17.2 Å². The van der Waals surface area contributed by atoms with Crippen LogP contribution in [-0.4, -0.2) is 66.6 Å². The molecule has 0 saturated carbocycles. The predicted molar refractivity (Wildman–Crippen MR) is 187 cm³/mol. The summed E-state index contributed by atoms with van der Waals surface area (Å²) in [6.07, 6.45) is 0. The molecular formula is C35H32N6O9. The Hall–Kier alpha value is -6.95. The second-order valence-electron chi connectivity index (χ2n) is 11.1. The molecule has 15 nitrogen and oxygen atoms in total. The fraction of sp³-hybridized carbons (Fsp3) is 0.171. The van der Waals surface area contributed by atoms with E-state index in [9.17, 15) is 39.0 Å². The first-order valence-corrected chi connectivity index (χ1v) is 14.9. The Morgan fingerprint density at radius 2 is 1.16 bits per heavy atom. The summed E-state index contributed by atoms with van der Waals surface area (Å²) in [6.45, 7) is 1.93. The molecule has 5 N–H and O–H groups in total. The lowest BCUT2D eigenvalue weighted by atomic mass is 10.1. The SMILES string of the molecule is CCOc1c(Nc2cccc(C(=O)N(C)C)c2O)c(=O)c1=O.CN(C)C(=O)c1cccc(Nc2c(Nc3cccc(C#N)c3)c(=O)c2=O)c1O. The van der Waals surface area contributed by atoms with Crippen molar-refractivity contribution in [2.24, 2.45) is 0 Å². The van der Waals surface area contributed by atoms with Crippen LogP contribution >= 0.6 is 0 Å². The topological polar surface area (TPSA) is 218 Å². The minimum absolute atomic E-state index is 0.0170. The van der Waals surface area contributed by atoms with Crippen molar-refractivity contribution < 1.29 is 24.5 Å². The molecule has 0 radical (unpaired) electrons. The van der Waals surface area contributed by atoms with Crippen molar-refractivity contribution >= 4 is 45.9 Å². The van der Waals surface area contributed by atoms with Crippen molar-refractivity contribution in [1.82, 2.24) is 9.80 Å². The van der Waals surface area contributed by atoms with E-state index in [4.69, 9.17) is 10.00 Å². The zero-order valence-corrected chi connectivity index (χ0v) is 27.6. The van der Waals surface area contributed by atoms with E-state index >= 15 is 0 Å². The third-order valence-corrected chi connectivity index (χ3v) is 7.19. The quantitative estimate of drug-likeness (QED) is 0.106. The Morgan fingerprint density at radius 3 is 1.64 bits per heavy atom. The summed E-state index contributed by atoms with van der Waals surface area (Å²) in [5, 5.41) is 37.7. The minimum Gasteiger partial charge on any atom is -0.505 e. The van der Waals surface area contributed by atoms with Gasteiger partial charge in [0.1, 0.15) is 17.1 Å². The summed E-state index contributed by atoms with van der Waals surface area (Å²) in [5.41, 5.74) is -1.63. The zero-order valence-electron chi connectivity index (χ0n) is 27.6. The highest BCUT2D eigenvalue weighted by atomic mass is 16.5. The second-order valence-corrected chi connectivity index (χ2v) is 11.1. The van der Waals surface area contributed by atoms with E-state index in [2.05, 4.69) is 16.0 Å². The Bertz CT molecular complexity index is 2290. The number of hydrogen-bond acceptors (Lipinski definition) is 13. The molecule has 5 aromatic carbocycles. The van der Waals surface area contributed by atoms with Gasteiger partial charge in [-0.1, -0.05) is 18.2 Å². The van der Waals surface area contributed by atoms with E-state index < -0.39 is 27.6 Å². The van der Waals surface area contributed by atoms with Crippen molar-refractivity contribution in [3.05, 3.63) is 118 Å². The highest BCUT2D eigenvalue weighted by Crippen LogP contribution is 2.34. The number of carbonyl (C=O) groups excluding carboxylic acids is 2. The molecule has 0 fully saturated rings. The summed E-state index contributed by atoms with van der Waals surface area (Å²) in [6, 6.07) is 17.4. The molecule has 0 unspecified atom stereocenters. The van der Waals surface area contributed by atoms with Gasteiger partial charge in [0, 0.05) is 33.9 Å². The molecule has 5 aromatic rings. The molecule has 0 heterocycles. The predicted octanol–water partition coefficient (Wildman–Crippen LogP) is 2.88. The average Bonchev–Trinajstić information content (AvgIpc) is 3.11. The number of para-hydroxylation sites is 2. The first kappa shape index (κ1) is 35.9. The number of anilines is 6. The molecule has 50 heavy (non-hydrogen) atoms. The lowest BCUT2D eigenvalue weighted by molar-refractivity contribution is 0.0817. The Labute approximate surface area is 284 Å². The first-order chi connectivity index (χ1) is 23.7. The fourth-order valence-corrected chi connectivity index (χ4v) is 4.59. The van der Waals surface area contributed by atoms with Crippen LogP contribution in [0.1, 0.15) is 33.2 Å². The molecule has 15 heteroatoms. The van der Waals surface area contributed by atoms with Gasteiger partial charge in [-0.25, -0.2) is 0 Å². The Kier molecular flexibility index (Phi) is 10.7. The van der Waals surface area contributed by atoms with Gasteiger partial charge in [0.2, 0.25) is 0 Å². The van der Waals surface area contributed by atoms with E-state index in [1.54, 1.807) is 65.4 Å². The Morgan fingerprint density at radius 1 is 0.700 bits per heavy atom. The summed E-state index contributed by atoms with van der Waals surface area (Å²) in [5.74, 6) is -1.46. The number of benzene rings is 3. The lowest BCUT2D eigenvalue weighted by Gasteiger charge is -2.17. The van der Waals surface area contributed by atoms with Gasteiger partial charge in [-0.3, -0.25) is 28.8 Å². The monoisotopic (exact) mass is 680 g/mol. The van der Waals surface area contributed by atoms with Crippen LogP contribution in [0.25, 0.3) is 0 Å². The third kappa shape index (κ3) is 7.14. The standard InChI is InChI=1S/C20H16N4O4.C15H16N2O5/c1-24(2)20(28)13-7-4-8-14(17(13)25)23-16-15(18(26)19(16)27)22-12-6-3-5-11(9-12)10-21;1-4-22-14-10(12(19)13(14)20)16-9-7-5-6-8(11(9)18)15(21)17(2)3/h3-9,22-23,25H,1-2H3;5-7,16,18H,4H2,1-3H3. The van der Waals surface area contributed by atoms with Gasteiger partial charge >= 0.3 is 0 Å². The maximum Gasteiger partial charge on any atom is 0.272 e. The van der Waals surface area contributed by atoms with E-state index in [0.29, 0.717) is 11.3 Å². The van der Waals surface area contributed by atoms with Gasteiger partial charge in [0.05, 0.1) is 40.7 Å². The largest absolute Gasteiger partial charge is 0.505 e. The number of hydrogen-bond donors (Lipinski definition) is 5. The molecule has 0 aliphatic heterocycles. The average molecular weight is 681 g/mol. The maximum atomic E-state index is 12.1. The van der Waals surface area contributed by atoms with Gasteiger partial charge in [0.15, 0.2) is 17.2 Å². The van der Waals surface area contributed by atoms with Crippen molar-refractivity contribution in [2.45, 2.75) is 6.92 Å². The van der Waals surface area contributed by atoms with Gasteiger partial charge in [-0.05, 0) is 49.4 Å². The third-order valence-electron chi connectivity index (χ3n) is 7.19. The van der Waals surface area contributed by atoms with Crippen LogP contribution in [0.4, 0.5) is 34.1 Å². The molecule has 0 aromatic heterocycles. The van der Waals surface area contributed by atoms with Crippen LogP contribution < -0.4 is 42.4 Å². The van der Waals surface area contributed by atoms with Gasteiger partial charge in [-0.2, -0.15) is 5.26 Å². The number of phenols is 2. The normalized spacial score (nSPS) is 10.4. The molecular weight excluding hydrogens is 648 g/mol. The number of nitriles is 1. The van der Waals surface area contributed by atoms with E-state index in [1.807, 2.05) is 6.07 Å². The molecule has 0 aliphatic rings. The van der Waals surface area contributed by atoms with Crippen LogP contribution in [0.2, 0.25) is 0 Å². The number of phenolic OH excluding ortho intramolecular Hbond substituents is 2. The molecule has 0 spiro atoms. The van der Waals surface area contributed by atoms with E-state index in [-0.39, 0.29) is 69.3 Å². The molecule has 256 valence electrons. The second kappa shape index (κ2) is 14.9. The number of carbonyl (C=O) groups is 2. The van der Waals surface area contributed by atoms with Crippen molar-refractivity contribution in [2.75, 3.05) is 50.7 Å². The van der Waals surface area contributed by atoms with Crippen LogP contribution in [0.15, 0.2) is 79.8 Å². The van der Waals surface area contributed by atoms with Crippen LogP contribution in [-0.2, 0) is 0 Å². The van der Waals surface area contributed by atoms with E-state index in [0.717, 1.165) is 0 Å². The number of aromatic hydroxyl groups is 2. The molecule has 0 saturated heterocycles. The molecule has 5 rings (SSSR count). The number of rotatable bonds is 10. The first-order valence-electron chi connectivity index (χ1n) is 14.9. The van der Waals surface area contributed by atoms with Crippen molar-refractivity contribution in [3.8, 4) is 23.3 Å². The number of ether oxygens (including phenoxy) is 1. The highest BCUT2D eigenvalue weighted by Gasteiger charge is 2.25. The van der Waals surface area contributed by atoms with E-state index in [1.165, 1.54) is 40.1 Å². The number of nitrogens with zero attached hydrogens (tertiary/aromatic N) is 3. The van der Waals surface area contributed by atoms with Gasteiger partial charge < -0.3 is 40.7 Å². The minimum atomic E-state index is -0.748. The molecule has 0 atom stereocenters. The van der Waals surface area contributed by atoms with Crippen molar-refractivity contribution in [3.63, 3.8) is 0 Å². The number of nitrogens with one attached hydrogen (secondary N) is 3. The summed E-state index contributed by atoms with van der Waals surface area (Å²) in [7, 11) is 6.23. The van der Waals surface area contributed by atoms with Crippen LogP contribution in [0, 0.1) is 11.3 Å². The van der Waals surface area contributed by atoms with Crippen LogP contribution in [0.3, 0.4) is 0 Å². The zero-order chi connectivity index (χ0) is 36.9. The van der Waals surface area contributed by atoms with Gasteiger partial charge in [0.25, 0.3) is 33.5 Å². The lowest BCUT2D eigenvalue weighted by Crippen LogP contribution is -2.35. The highest BCUT2D eigenvalue weighted by molar-refractivity contribution is 5.99. The maximum absolute atomic E-state index is 12.1. The fourth-order valence-electron chi connectivity index (χ4n) is 4.59. The molecule has 0 aliphatic carbocycles.